The van der Waals surface area contributed by atoms with Crippen molar-refractivity contribution in [3.05, 3.63) is 57.3 Å². The standard InChI is InChI=1S/C21H22N2O3S/c1-13(2)14-5-7-15(8-6-14)17(24)12-23-19(25)21(22-20(23)26)10-3-4-18-16(21)9-11-27-18/h5-9,11,13H,3-4,10,12H2,1-2H3,(H,22,26)/t21-/m1/s1. The Morgan fingerprint density at radius 3 is 2.67 bits per heavy atom. The highest BCUT2D eigenvalue weighted by Crippen LogP contribution is 2.42. The first-order valence-corrected chi connectivity index (χ1v) is 10.1. The molecule has 0 bridgehead atoms. The Balaban J connectivity index is 1.56. The minimum atomic E-state index is -0.994. The van der Waals surface area contributed by atoms with E-state index in [0.29, 0.717) is 17.9 Å². The molecular weight excluding hydrogens is 360 g/mol. The summed E-state index contributed by atoms with van der Waals surface area (Å²) in [4.78, 5) is 40.6. The van der Waals surface area contributed by atoms with Gasteiger partial charge in [-0.25, -0.2) is 4.79 Å². The average Bonchev–Trinajstić information content (AvgIpc) is 3.22. The predicted molar refractivity (Wildman–Crippen MR) is 104 cm³/mol. The van der Waals surface area contributed by atoms with E-state index < -0.39 is 11.6 Å². The van der Waals surface area contributed by atoms with E-state index in [9.17, 15) is 14.4 Å². The smallest absolute Gasteiger partial charge is 0.319 e. The summed E-state index contributed by atoms with van der Waals surface area (Å²) in [6, 6.07) is 8.82. The number of hydrogen-bond acceptors (Lipinski definition) is 4. The van der Waals surface area contributed by atoms with Crippen LogP contribution in [0, 0.1) is 0 Å². The molecule has 2 aliphatic rings. The van der Waals surface area contributed by atoms with Crippen LogP contribution in [0.4, 0.5) is 4.79 Å². The van der Waals surface area contributed by atoms with Crippen LogP contribution in [-0.2, 0) is 16.8 Å². The SMILES string of the molecule is CC(C)c1ccc(C(=O)CN2C(=O)N[C@@]3(CCCc4sccc43)C2=O)cc1. The van der Waals surface area contributed by atoms with Gasteiger partial charge in [0.1, 0.15) is 5.54 Å². The summed E-state index contributed by atoms with van der Waals surface area (Å²) in [7, 11) is 0. The topological polar surface area (TPSA) is 66.5 Å². The number of rotatable bonds is 4. The lowest BCUT2D eigenvalue weighted by molar-refractivity contribution is -0.131. The van der Waals surface area contributed by atoms with Gasteiger partial charge in [-0.15, -0.1) is 11.3 Å². The summed E-state index contributed by atoms with van der Waals surface area (Å²) in [5, 5.41) is 4.84. The van der Waals surface area contributed by atoms with Gasteiger partial charge >= 0.3 is 6.03 Å². The average molecular weight is 382 g/mol. The van der Waals surface area contributed by atoms with E-state index in [1.165, 1.54) is 0 Å². The molecule has 1 N–H and O–H groups in total. The number of thiophene rings is 1. The highest BCUT2D eigenvalue weighted by atomic mass is 32.1. The summed E-state index contributed by atoms with van der Waals surface area (Å²) < 4.78 is 0. The number of imide groups is 1. The van der Waals surface area contributed by atoms with Gasteiger partial charge in [-0.2, -0.15) is 0 Å². The molecule has 1 aliphatic carbocycles. The molecule has 1 spiro atoms. The lowest BCUT2D eigenvalue weighted by Gasteiger charge is -2.31. The quantitative estimate of drug-likeness (QED) is 0.645. The summed E-state index contributed by atoms with van der Waals surface area (Å²) in [5.74, 6) is -0.155. The first-order chi connectivity index (χ1) is 12.9. The van der Waals surface area contributed by atoms with Gasteiger partial charge in [0.05, 0.1) is 6.54 Å². The number of ketones is 1. The van der Waals surface area contributed by atoms with E-state index in [-0.39, 0.29) is 18.2 Å². The fourth-order valence-corrected chi connectivity index (χ4v) is 4.97. The van der Waals surface area contributed by atoms with Gasteiger partial charge in [-0.05, 0) is 42.2 Å². The van der Waals surface area contributed by atoms with Crippen LogP contribution in [0.1, 0.15) is 59.0 Å². The maximum atomic E-state index is 13.2. The Kier molecular flexibility index (Phi) is 4.38. The maximum Gasteiger partial charge on any atom is 0.325 e. The highest BCUT2D eigenvalue weighted by Gasteiger charge is 2.54. The molecule has 1 aromatic heterocycles. The van der Waals surface area contributed by atoms with E-state index in [4.69, 9.17) is 0 Å². The maximum absolute atomic E-state index is 13.2. The second-order valence-corrected chi connectivity index (χ2v) is 8.54. The number of nitrogens with zero attached hydrogens (tertiary/aromatic N) is 1. The van der Waals surface area contributed by atoms with Crippen LogP contribution in [0.15, 0.2) is 35.7 Å². The molecule has 1 atom stereocenters. The van der Waals surface area contributed by atoms with Crippen LogP contribution >= 0.6 is 11.3 Å². The van der Waals surface area contributed by atoms with Crippen LogP contribution in [0.2, 0.25) is 0 Å². The molecule has 27 heavy (non-hydrogen) atoms. The number of Topliss-reactive ketones (excluding diaryl/α,β-unsaturated/α-hetero) is 1. The van der Waals surface area contributed by atoms with E-state index >= 15 is 0 Å². The van der Waals surface area contributed by atoms with Crippen molar-refractivity contribution in [1.29, 1.82) is 0 Å². The van der Waals surface area contributed by atoms with Crippen molar-refractivity contribution in [3.8, 4) is 0 Å². The van der Waals surface area contributed by atoms with Crippen molar-refractivity contribution in [1.82, 2.24) is 10.2 Å². The van der Waals surface area contributed by atoms with Crippen LogP contribution in [0.3, 0.4) is 0 Å². The monoisotopic (exact) mass is 382 g/mol. The first-order valence-electron chi connectivity index (χ1n) is 9.26. The number of hydrogen-bond donors (Lipinski definition) is 1. The molecule has 1 aliphatic heterocycles. The molecule has 140 valence electrons. The van der Waals surface area contributed by atoms with Crippen LogP contribution < -0.4 is 5.32 Å². The Morgan fingerprint density at radius 2 is 1.96 bits per heavy atom. The van der Waals surface area contributed by atoms with E-state index in [1.54, 1.807) is 23.5 Å². The minimum Gasteiger partial charge on any atom is -0.319 e. The zero-order valence-electron chi connectivity index (χ0n) is 15.5. The third-order valence-corrected chi connectivity index (χ3v) is 6.52. The number of fused-ring (bicyclic) bond motifs is 2. The number of carbonyl (C=O) groups is 3. The molecule has 2 aromatic rings. The molecular formula is C21H22N2O3S. The van der Waals surface area contributed by atoms with Gasteiger partial charge in [-0.3, -0.25) is 14.5 Å². The van der Waals surface area contributed by atoms with E-state index in [1.807, 2.05) is 23.6 Å². The van der Waals surface area contributed by atoms with Gasteiger partial charge < -0.3 is 5.32 Å². The van der Waals surface area contributed by atoms with Gasteiger partial charge in [0.25, 0.3) is 5.91 Å². The molecule has 6 heteroatoms. The molecule has 1 aromatic carbocycles. The lowest BCUT2D eigenvalue weighted by atomic mass is 9.80. The Morgan fingerprint density at radius 1 is 1.22 bits per heavy atom. The van der Waals surface area contributed by atoms with Gasteiger partial charge in [0.2, 0.25) is 0 Å². The van der Waals surface area contributed by atoms with Crippen molar-refractivity contribution in [2.75, 3.05) is 6.54 Å². The molecule has 3 amide bonds. The molecule has 0 radical (unpaired) electrons. The fraction of sp³-hybridized carbons (Fsp3) is 0.381. The number of aryl methyl sites for hydroxylation is 1. The zero-order valence-corrected chi connectivity index (χ0v) is 16.3. The number of amides is 3. The van der Waals surface area contributed by atoms with Gasteiger partial charge in [-0.1, -0.05) is 38.1 Å². The summed E-state index contributed by atoms with van der Waals surface area (Å²) >= 11 is 1.62. The normalized spacial score (nSPS) is 21.7. The number of carbonyl (C=O) groups excluding carboxylic acids is 3. The van der Waals surface area contributed by atoms with Crippen molar-refractivity contribution >= 4 is 29.1 Å². The number of urea groups is 1. The Bertz CT molecular complexity index is 916. The first kappa shape index (κ1) is 17.9. The molecule has 5 nitrogen and oxygen atoms in total. The zero-order chi connectivity index (χ0) is 19.2. The lowest BCUT2D eigenvalue weighted by Crippen LogP contribution is -2.46. The van der Waals surface area contributed by atoms with Gasteiger partial charge in [0.15, 0.2) is 5.78 Å². The van der Waals surface area contributed by atoms with Crippen LogP contribution in [-0.4, -0.2) is 29.2 Å². The van der Waals surface area contributed by atoms with Crippen molar-refractivity contribution in [2.45, 2.75) is 44.6 Å². The molecule has 0 saturated carbocycles. The van der Waals surface area contributed by atoms with Crippen molar-refractivity contribution in [3.63, 3.8) is 0 Å². The third-order valence-electron chi connectivity index (χ3n) is 5.54. The fourth-order valence-electron chi connectivity index (χ4n) is 3.97. The number of benzene rings is 1. The Labute approximate surface area is 162 Å². The second-order valence-electron chi connectivity index (χ2n) is 7.54. The molecule has 2 heterocycles. The van der Waals surface area contributed by atoms with Crippen molar-refractivity contribution in [2.24, 2.45) is 0 Å². The Hall–Kier alpha value is -2.47. The van der Waals surface area contributed by atoms with E-state index in [2.05, 4.69) is 19.2 Å². The van der Waals surface area contributed by atoms with Crippen LogP contribution in [0.25, 0.3) is 0 Å². The second kappa shape index (κ2) is 6.60. The van der Waals surface area contributed by atoms with Crippen LogP contribution in [0.5, 0.6) is 0 Å². The summed E-state index contributed by atoms with van der Waals surface area (Å²) in [6.45, 7) is 3.95. The molecule has 1 saturated heterocycles. The highest BCUT2D eigenvalue weighted by molar-refractivity contribution is 7.10. The summed E-state index contributed by atoms with van der Waals surface area (Å²) in [6.07, 6.45) is 2.35. The summed E-state index contributed by atoms with van der Waals surface area (Å²) in [5.41, 5.74) is 1.56. The molecule has 0 unspecified atom stereocenters. The number of nitrogens with one attached hydrogen (secondary N) is 1. The predicted octanol–water partition coefficient (Wildman–Crippen LogP) is 3.84. The van der Waals surface area contributed by atoms with E-state index in [0.717, 1.165) is 33.7 Å². The minimum absolute atomic E-state index is 0.229. The largest absolute Gasteiger partial charge is 0.325 e. The molecule has 4 rings (SSSR count). The van der Waals surface area contributed by atoms with Gasteiger partial charge in [0, 0.05) is 16.0 Å². The molecule has 1 fully saturated rings. The third kappa shape index (κ3) is 2.88. The van der Waals surface area contributed by atoms with Crippen molar-refractivity contribution < 1.29 is 14.4 Å².